The lowest BCUT2D eigenvalue weighted by Gasteiger charge is -2.13. The van der Waals surface area contributed by atoms with E-state index in [2.05, 4.69) is 10.4 Å². The number of nitrogens with one attached hydrogen (secondary N) is 1. The Kier molecular flexibility index (Phi) is 5.70. The smallest absolute Gasteiger partial charge is 0.291 e. The molecule has 0 unspecified atom stereocenters. The highest BCUT2D eigenvalue weighted by Gasteiger charge is 2.18. The number of benzene rings is 1. The van der Waals surface area contributed by atoms with Crippen molar-refractivity contribution >= 4 is 29.0 Å². The fraction of sp³-hybridized carbons (Fsp3) is 0.211. The van der Waals surface area contributed by atoms with Gasteiger partial charge in [-0.05, 0) is 25.1 Å². The minimum atomic E-state index is -0.500. The highest BCUT2D eigenvalue weighted by molar-refractivity contribution is 6.30. The molecule has 8 nitrogen and oxygen atoms in total. The van der Waals surface area contributed by atoms with Gasteiger partial charge in [-0.25, -0.2) is 0 Å². The SMILES string of the molecule is COc1cc(NC(=O)c2ccc(Cn3cc(Cl)cn3)o2)c(C(C)=O)cc1OC. The summed E-state index contributed by atoms with van der Waals surface area (Å²) in [7, 11) is 2.94. The fourth-order valence-corrected chi connectivity index (χ4v) is 2.78. The number of anilines is 1. The van der Waals surface area contributed by atoms with Crippen molar-refractivity contribution in [2.75, 3.05) is 19.5 Å². The number of carbonyl (C=O) groups excluding carboxylic acids is 2. The van der Waals surface area contributed by atoms with Crippen LogP contribution in [0.2, 0.25) is 5.02 Å². The Balaban J connectivity index is 1.82. The molecule has 3 aromatic rings. The number of hydrogen-bond acceptors (Lipinski definition) is 6. The summed E-state index contributed by atoms with van der Waals surface area (Å²) in [5.74, 6) is 0.676. The topological polar surface area (TPSA) is 95.6 Å². The van der Waals surface area contributed by atoms with Crippen LogP contribution >= 0.6 is 11.6 Å². The van der Waals surface area contributed by atoms with E-state index in [0.29, 0.717) is 40.1 Å². The van der Waals surface area contributed by atoms with Crippen LogP contribution in [0.15, 0.2) is 41.1 Å². The summed E-state index contributed by atoms with van der Waals surface area (Å²) in [6.07, 6.45) is 3.16. The zero-order valence-corrected chi connectivity index (χ0v) is 16.2. The zero-order valence-electron chi connectivity index (χ0n) is 15.5. The molecule has 2 aromatic heterocycles. The molecule has 1 amide bonds. The van der Waals surface area contributed by atoms with E-state index in [9.17, 15) is 9.59 Å². The second kappa shape index (κ2) is 8.18. The van der Waals surface area contributed by atoms with Gasteiger partial charge < -0.3 is 19.2 Å². The summed E-state index contributed by atoms with van der Waals surface area (Å²) in [4.78, 5) is 24.6. The normalized spacial score (nSPS) is 10.6. The highest BCUT2D eigenvalue weighted by Crippen LogP contribution is 2.34. The van der Waals surface area contributed by atoms with Crippen LogP contribution in [0, 0.1) is 0 Å². The molecule has 28 heavy (non-hydrogen) atoms. The minimum absolute atomic E-state index is 0.0949. The molecule has 0 bridgehead atoms. The Hall–Kier alpha value is -3.26. The van der Waals surface area contributed by atoms with Gasteiger partial charge >= 0.3 is 0 Å². The Labute approximate surface area is 166 Å². The van der Waals surface area contributed by atoms with Crippen LogP contribution in [0.4, 0.5) is 5.69 Å². The third-order valence-electron chi connectivity index (χ3n) is 3.96. The quantitative estimate of drug-likeness (QED) is 0.605. The number of aromatic nitrogens is 2. The van der Waals surface area contributed by atoms with Crippen molar-refractivity contribution in [2.45, 2.75) is 13.5 Å². The van der Waals surface area contributed by atoms with E-state index in [1.165, 1.54) is 39.5 Å². The first-order valence-electron chi connectivity index (χ1n) is 8.26. The fourth-order valence-electron chi connectivity index (χ4n) is 2.63. The van der Waals surface area contributed by atoms with Gasteiger partial charge in [-0.2, -0.15) is 5.10 Å². The van der Waals surface area contributed by atoms with Gasteiger partial charge in [0.05, 0.1) is 37.7 Å². The van der Waals surface area contributed by atoms with E-state index < -0.39 is 5.91 Å². The number of amides is 1. The van der Waals surface area contributed by atoms with Gasteiger partial charge in [0, 0.05) is 17.8 Å². The molecule has 0 saturated carbocycles. The molecule has 1 N–H and O–H groups in total. The van der Waals surface area contributed by atoms with Crippen LogP contribution in [0.3, 0.4) is 0 Å². The number of halogens is 1. The number of nitrogens with zero attached hydrogens (tertiary/aromatic N) is 2. The van der Waals surface area contributed by atoms with Crippen LogP contribution in [-0.2, 0) is 6.54 Å². The first-order valence-corrected chi connectivity index (χ1v) is 8.64. The third-order valence-corrected chi connectivity index (χ3v) is 4.15. The molecule has 0 spiro atoms. The van der Waals surface area contributed by atoms with Crippen LogP contribution in [0.1, 0.15) is 33.6 Å². The van der Waals surface area contributed by atoms with Gasteiger partial charge in [0.2, 0.25) is 0 Å². The lowest BCUT2D eigenvalue weighted by atomic mass is 10.1. The number of methoxy groups -OCH3 is 2. The number of hydrogen-bond donors (Lipinski definition) is 1. The maximum atomic E-state index is 12.6. The van der Waals surface area contributed by atoms with E-state index in [0.717, 1.165) is 0 Å². The molecule has 2 heterocycles. The van der Waals surface area contributed by atoms with Crippen molar-refractivity contribution < 1.29 is 23.5 Å². The number of furan rings is 1. The summed E-state index contributed by atoms with van der Waals surface area (Å²) in [6, 6.07) is 6.27. The van der Waals surface area contributed by atoms with E-state index in [4.69, 9.17) is 25.5 Å². The van der Waals surface area contributed by atoms with E-state index in [-0.39, 0.29) is 11.5 Å². The second-order valence-corrected chi connectivity index (χ2v) is 6.32. The molecule has 146 valence electrons. The minimum Gasteiger partial charge on any atom is -0.493 e. The maximum absolute atomic E-state index is 12.6. The van der Waals surface area contributed by atoms with Gasteiger partial charge in [0.25, 0.3) is 5.91 Å². The summed E-state index contributed by atoms with van der Waals surface area (Å²) < 4.78 is 17.6. The number of ether oxygens (including phenoxy) is 2. The molecule has 3 rings (SSSR count). The van der Waals surface area contributed by atoms with Crippen molar-refractivity contribution in [2.24, 2.45) is 0 Å². The third kappa shape index (κ3) is 4.17. The largest absolute Gasteiger partial charge is 0.493 e. The molecule has 9 heteroatoms. The second-order valence-electron chi connectivity index (χ2n) is 5.89. The van der Waals surface area contributed by atoms with E-state index >= 15 is 0 Å². The molecule has 0 aliphatic heterocycles. The number of ketones is 1. The van der Waals surface area contributed by atoms with Crippen LogP contribution in [-0.4, -0.2) is 35.7 Å². The lowest BCUT2D eigenvalue weighted by Crippen LogP contribution is -2.14. The zero-order chi connectivity index (χ0) is 20.3. The molecule has 0 aliphatic rings. The maximum Gasteiger partial charge on any atom is 0.291 e. The molecule has 0 aliphatic carbocycles. The summed E-state index contributed by atoms with van der Waals surface area (Å²) in [5.41, 5.74) is 0.593. The number of carbonyl (C=O) groups is 2. The van der Waals surface area contributed by atoms with Gasteiger partial charge in [-0.3, -0.25) is 14.3 Å². The monoisotopic (exact) mass is 403 g/mol. The van der Waals surface area contributed by atoms with E-state index in [1.807, 2.05) is 0 Å². The first kappa shape index (κ1) is 19.5. The van der Waals surface area contributed by atoms with Crippen LogP contribution in [0.25, 0.3) is 0 Å². The molecule has 0 fully saturated rings. The average Bonchev–Trinajstić information content (AvgIpc) is 3.30. The first-order chi connectivity index (χ1) is 13.4. The summed E-state index contributed by atoms with van der Waals surface area (Å²) in [6.45, 7) is 1.73. The van der Waals surface area contributed by atoms with Gasteiger partial charge in [-0.1, -0.05) is 11.6 Å². The molecular formula is C19H18ClN3O5. The predicted molar refractivity (Wildman–Crippen MR) is 103 cm³/mol. The summed E-state index contributed by atoms with van der Waals surface area (Å²) in [5, 5.41) is 7.25. The highest BCUT2D eigenvalue weighted by atomic mass is 35.5. The molecule has 1 aromatic carbocycles. The van der Waals surface area contributed by atoms with Gasteiger partial charge in [0.1, 0.15) is 5.76 Å². The van der Waals surface area contributed by atoms with Gasteiger partial charge in [-0.15, -0.1) is 0 Å². The van der Waals surface area contributed by atoms with Crippen LogP contribution < -0.4 is 14.8 Å². The summed E-state index contributed by atoms with van der Waals surface area (Å²) >= 11 is 5.83. The predicted octanol–water partition coefficient (Wildman–Crippen LogP) is 3.65. The lowest BCUT2D eigenvalue weighted by molar-refractivity contribution is 0.0994. The van der Waals surface area contributed by atoms with Crippen molar-refractivity contribution in [3.63, 3.8) is 0 Å². The Bertz CT molecular complexity index is 1020. The molecule has 0 atom stereocenters. The van der Waals surface area contributed by atoms with Crippen molar-refractivity contribution in [1.82, 2.24) is 9.78 Å². The molecular weight excluding hydrogens is 386 g/mol. The van der Waals surface area contributed by atoms with Crippen molar-refractivity contribution in [3.05, 3.63) is 58.8 Å². The Morgan fingerprint density at radius 2 is 1.93 bits per heavy atom. The standard InChI is InChI=1S/C19H18ClN3O5/c1-11(24)14-6-17(26-2)18(27-3)7-15(14)22-19(25)16-5-4-13(28-16)10-23-9-12(20)8-21-23/h4-9H,10H2,1-3H3,(H,22,25). The average molecular weight is 404 g/mol. The Morgan fingerprint density at radius 3 is 2.54 bits per heavy atom. The number of Topliss-reactive ketones (excluding diaryl/α,β-unsaturated/α-hetero) is 1. The Morgan fingerprint density at radius 1 is 1.21 bits per heavy atom. The van der Waals surface area contributed by atoms with Crippen molar-refractivity contribution in [3.8, 4) is 11.5 Å². The van der Waals surface area contributed by atoms with Crippen molar-refractivity contribution in [1.29, 1.82) is 0 Å². The van der Waals surface area contributed by atoms with Gasteiger partial charge in [0.15, 0.2) is 23.0 Å². The number of rotatable bonds is 7. The molecule has 0 radical (unpaired) electrons. The molecule has 0 saturated heterocycles. The van der Waals surface area contributed by atoms with E-state index in [1.54, 1.807) is 23.0 Å². The van der Waals surface area contributed by atoms with Crippen LogP contribution in [0.5, 0.6) is 11.5 Å².